The van der Waals surface area contributed by atoms with Crippen LogP contribution in [0.4, 0.5) is 51.2 Å². The molecule has 362 valence electrons. The minimum Gasteiger partial charge on any atom is -0.310 e. The van der Waals surface area contributed by atoms with Crippen LogP contribution in [-0.2, 0) is 21.7 Å². The van der Waals surface area contributed by atoms with Gasteiger partial charge in [0.1, 0.15) is 0 Å². The van der Waals surface area contributed by atoms with Gasteiger partial charge in [0.2, 0.25) is 0 Å². The Kier molecular flexibility index (Phi) is 8.91. The molecule has 9 aromatic carbocycles. The lowest BCUT2D eigenvalue weighted by molar-refractivity contribution is 0.401. The average Bonchev–Trinajstić information content (AvgIpc) is 3.84. The zero-order valence-corrected chi connectivity index (χ0v) is 44.0. The molecule has 3 heterocycles. The predicted octanol–water partition coefficient (Wildman–Crippen LogP) is 18.8. The van der Waals surface area contributed by atoms with Crippen LogP contribution in [0.3, 0.4) is 0 Å². The lowest BCUT2D eigenvalue weighted by atomic mass is 9.62. The summed E-state index contributed by atoms with van der Waals surface area (Å²) in [6.45, 7) is 19.9. The molecule has 0 N–H and O–H groups in total. The number of para-hydroxylation sites is 3. The highest BCUT2D eigenvalue weighted by Crippen LogP contribution is 2.68. The Bertz CT molecular complexity index is 3560. The topological polar surface area (TPSA) is 9.72 Å². The Hall–Kier alpha value is -7.62. The summed E-state index contributed by atoms with van der Waals surface area (Å²) in [5.74, 6) is 0.0684. The number of rotatable bonds is 4. The molecule has 0 spiro atoms. The van der Waals surface area contributed by atoms with Crippen molar-refractivity contribution in [2.24, 2.45) is 0 Å². The second-order valence-corrected chi connectivity index (χ2v) is 25.0. The molecule has 0 fully saturated rings. The van der Waals surface area contributed by atoms with Gasteiger partial charge >= 0.3 is 0 Å². The highest BCUT2D eigenvalue weighted by molar-refractivity contribution is 6.00. The molecular weight excluding hydrogens is 895 g/mol. The van der Waals surface area contributed by atoms with Gasteiger partial charge in [0, 0.05) is 40.4 Å². The summed E-state index contributed by atoms with van der Waals surface area (Å²) in [5, 5.41) is 0. The number of hydrogen-bond acceptors (Lipinski definition) is 3. The molecule has 0 saturated heterocycles. The van der Waals surface area contributed by atoms with Crippen molar-refractivity contribution in [2.45, 2.75) is 108 Å². The molecular formula is C71H63N3. The van der Waals surface area contributed by atoms with Gasteiger partial charge < -0.3 is 14.7 Å². The Balaban J connectivity index is 1.09. The van der Waals surface area contributed by atoms with Crippen molar-refractivity contribution in [1.29, 1.82) is 0 Å². The van der Waals surface area contributed by atoms with Gasteiger partial charge in [-0.1, -0.05) is 183 Å². The first-order chi connectivity index (χ1) is 35.7. The molecule has 6 aliphatic rings. The fraction of sp³-hybridized carbons (Fsp3) is 0.239. The van der Waals surface area contributed by atoms with Gasteiger partial charge in [0.15, 0.2) is 0 Å². The van der Waals surface area contributed by atoms with E-state index >= 15 is 0 Å². The maximum Gasteiger partial charge on any atom is 0.0543 e. The van der Waals surface area contributed by atoms with E-state index in [1.54, 1.807) is 5.56 Å². The van der Waals surface area contributed by atoms with Crippen LogP contribution in [0.1, 0.15) is 158 Å². The summed E-state index contributed by atoms with van der Waals surface area (Å²) >= 11 is 0. The minimum atomic E-state index is -0.0459. The lowest BCUT2D eigenvalue weighted by Crippen LogP contribution is -2.33. The fourth-order valence-corrected chi connectivity index (χ4v) is 16.5. The summed E-state index contributed by atoms with van der Waals surface area (Å²) in [5.41, 5.74) is 29.9. The van der Waals surface area contributed by atoms with E-state index in [-0.39, 0.29) is 39.4 Å². The van der Waals surface area contributed by atoms with Crippen LogP contribution in [0.2, 0.25) is 0 Å². The Morgan fingerprint density at radius 2 is 0.743 bits per heavy atom. The number of nitrogens with zero attached hydrogens (tertiary/aromatic N) is 3. The standard InChI is InChI=1S/C71H63N3/c1-68(2)41-70(5,6)65-52(68)37-35-48-60-50-39-51-58(40-57(50)72(44-25-15-10-16-26-44)54-32-21-31-47(62(54)60)59(63(48)65)43-23-13-9-14-24-43)73(45-27-17-11-18-28-45)55-33-22-34-56-64(55)61(51)49-36-38-53-66(71(7,8)42-69(53,3)4)67(49)74(56)46-29-19-12-20-30-46/h9-40,59-61H,41-42H2,1-8H3. The van der Waals surface area contributed by atoms with Crippen LogP contribution >= 0.6 is 0 Å². The molecule has 0 radical (unpaired) electrons. The minimum absolute atomic E-state index is 0.00619. The number of benzene rings is 9. The maximum atomic E-state index is 2.71. The van der Waals surface area contributed by atoms with E-state index in [4.69, 9.17) is 0 Å². The second kappa shape index (κ2) is 15.0. The Labute approximate surface area is 437 Å². The van der Waals surface area contributed by atoms with Crippen LogP contribution in [0.15, 0.2) is 194 Å². The molecule has 3 aliphatic carbocycles. The molecule has 0 saturated carbocycles. The van der Waals surface area contributed by atoms with E-state index < -0.39 is 0 Å². The summed E-state index contributed by atoms with van der Waals surface area (Å²) in [7, 11) is 0. The van der Waals surface area contributed by atoms with Crippen molar-refractivity contribution >= 4 is 51.2 Å². The molecule has 3 unspecified atom stereocenters. The molecule has 3 atom stereocenters. The first-order valence-corrected chi connectivity index (χ1v) is 27.1. The summed E-state index contributed by atoms with van der Waals surface area (Å²) in [6, 6.07) is 74.8. The molecule has 74 heavy (non-hydrogen) atoms. The Morgan fingerprint density at radius 3 is 1.31 bits per heavy atom. The zero-order valence-electron chi connectivity index (χ0n) is 44.0. The van der Waals surface area contributed by atoms with Crippen molar-refractivity contribution in [1.82, 2.24) is 0 Å². The van der Waals surface area contributed by atoms with Crippen LogP contribution in [0.5, 0.6) is 0 Å². The van der Waals surface area contributed by atoms with Gasteiger partial charge in [-0.05, 0) is 168 Å². The largest absolute Gasteiger partial charge is 0.310 e. The number of anilines is 9. The van der Waals surface area contributed by atoms with Crippen LogP contribution in [-0.4, -0.2) is 0 Å². The fourth-order valence-electron chi connectivity index (χ4n) is 16.5. The number of fused-ring (bicyclic) bond motifs is 12. The smallest absolute Gasteiger partial charge is 0.0543 e. The molecule has 3 heteroatoms. The van der Waals surface area contributed by atoms with E-state index in [1.807, 2.05) is 0 Å². The van der Waals surface area contributed by atoms with Crippen molar-refractivity contribution in [2.75, 3.05) is 14.7 Å². The third-order valence-corrected chi connectivity index (χ3v) is 18.4. The van der Waals surface area contributed by atoms with Crippen LogP contribution in [0.25, 0.3) is 0 Å². The highest BCUT2D eigenvalue weighted by Gasteiger charge is 2.52. The summed E-state index contributed by atoms with van der Waals surface area (Å²) in [6.07, 6.45) is 2.21. The van der Waals surface area contributed by atoms with Gasteiger partial charge in [-0.2, -0.15) is 0 Å². The normalized spacial score (nSPS) is 20.8. The third kappa shape index (κ3) is 5.84. The molecule has 15 rings (SSSR count). The van der Waals surface area contributed by atoms with Crippen molar-refractivity contribution in [3.63, 3.8) is 0 Å². The van der Waals surface area contributed by atoms with Gasteiger partial charge in [0.05, 0.1) is 34.1 Å². The van der Waals surface area contributed by atoms with Gasteiger partial charge in [0.25, 0.3) is 0 Å². The van der Waals surface area contributed by atoms with Crippen LogP contribution < -0.4 is 14.7 Å². The first kappa shape index (κ1) is 43.9. The van der Waals surface area contributed by atoms with Crippen molar-refractivity contribution in [3.8, 4) is 0 Å². The lowest BCUT2D eigenvalue weighted by Gasteiger charge is -2.48. The third-order valence-electron chi connectivity index (χ3n) is 18.4. The number of hydrogen-bond donors (Lipinski definition) is 0. The maximum absolute atomic E-state index is 2.71. The van der Waals surface area contributed by atoms with Crippen LogP contribution in [0, 0.1) is 0 Å². The van der Waals surface area contributed by atoms with Gasteiger partial charge in [-0.3, -0.25) is 0 Å². The van der Waals surface area contributed by atoms with Gasteiger partial charge in [-0.15, -0.1) is 0 Å². The van der Waals surface area contributed by atoms with E-state index in [2.05, 4.69) is 264 Å². The summed E-state index contributed by atoms with van der Waals surface area (Å²) in [4.78, 5) is 7.84. The summed E-state index contributed by atoms with van der Waals surface area (Å²) < 4.78 is 0. The zero-order chi connectivity index (χ0) is 50.2. The highest BCUT2D eigenvalue weighted by atomic mass is 15.2. The SMILES string of the molecule is CC1(C)CC(C)(C)c2c1ccc1c2C(c2ccccc2)c2cccc3c2C1c1cc2c(cc1N3c1ccccc1)N(c1ccccc1)c1cccc3c1C2c1ccc2c(c1N3c1ccccc1)C(C)(C)CC2(C)C. The van der Waals surface area contributed by atoms with Gasteiger partial charge in [-0.25, -0.2) is 0 Å². The van der Waals surface area contributed by atoms with Crippen molar-refractivity contribution < 1.29 is 0 Å². The molecule has 3 aliphatic heterocycles. The molecule has 0 aromatic heterocycles. The Morgan fingerprint density at radius 1 is 0.311 bits per heavy atom. The molecule has 9 aromatic rings. The quantitative estimate of drug-likeness (QED) is 0.174. The molecule has 0 amide bonds. The average molecular weight is 958 g/mol. The monoisotopic (exact) mass is 958 g/mol. The van der Waals surface area contributed by atoms with E-state index in [9.17, 15) is 0 Å². The van der Waals surface area contributed by atoms with E-state index in [1.165, 1.54) is 112 Å². The molecule has 3 nitrogen and oxygen atoms in total. The molecule has 0 bridgehead atoms. The first-order valence-electron chi connectivity index (χ1n) is 27.1. The van der Waals surface area contributed by atoms with E-state index in [0.29, 0.717) is 0 Å². The predicted molar refractivity (Wildman–Crippen MR) is 308 cm³/mol. The van der Waals surface area contributed by atoms with Crippen molar-refractivity contribution in [3.05, 3.63) is 266 Å². The second-order valence-electron chi connectivity index (χ2n) is 25.0. The van der Waals surface area contributed by atoms with E-state index in [0.717, 1.165) is 18.5 Å².